The van der Waals surface area contributed by atoms with Gasteiger partial charge in [-0.05, 0) is 31.6 Å². The van der Waals surface area contributed by atoms with E-state index in [0.29, 0.717) is 23.7 Å². The molecular formula is C14H26N2OS. The second-order valence-electron chi connectivity index (χ2n) is 5.50. The predicted octanol–water partition coefficient (Wildman–Crippen LogP) is 2.77. The molecule has 1 fully saturated rings. The maximum absolute atomic E-state index is 12.5. The number of rotatable bonds is 5. The molecule has 0 radical (unpaired) electrons. The minimum absolute atomic E-state index is 0.0266. The van der Waals surface area contributed by atoms with Crippen molar-refractivity contribution in [2.45, 2.75) is 65.3 Å². The first kappa shape index (κ1) is 15.4. The van der Waals surface area contributed by atoms with Gasteiger partial charge in [-0.1, -0.05) is 45.8 Å². The van der Waals surface area contributed by atoms with E-state index in [0.717, 1.165) is 6.42 Å². The summed E-state index contributed by atoms with van der Waals surface area (Å²) in [5.74, 6) is 0.583. The summed E-state index contributed by atoms with van der Waals surface area (Å²) in [5.41, 5.74) is 5.14. The number of thiocarbonyl (C=S) groups is 1. The van der Waals surface area contributed by atoms with Crippen molar-refractivity contribution >= 4 is 23.1 Å². The topological polar surface area (TPSA) is 55.1 Å². The molecule has 1 saturated carbocycles. The van der Waals surface area contributed by atoms with E-state index < -0.39 is 5.41 Å². The van der Waals surface area contributed by atoms with Gasteiger partial charge in [0.25, 0.3) is 0 Å². The van der Waals surface area contributed by atoms with Crippen LogP contribution in [0.5, 0.6) is 0 Å². The average Bonchev–Trinajstić information content (AvgIpc) is 2.34. The van der Waals surface area contributed by atoms with Crippen LogP contribution in [0.25, 0.3) is 0 Å². The van der Waals surface area contributed by atoms with Gasteiger partial charge in [0, 0.05) is 6.04 Å². The third-order valence-corrected chi connectivity index (χ3v) is 4.93. The maximum atomic E-state index is 12.5. The van der Waals surface area contributed by atoms with E-state index in [2.05, 4.69) is 12.2 Å². The summed E-state index contributed by atoms with van der Waals surface area (Å²) in [5, 5.41) is 3.19. The van der Waals surface area contributed by atoms with Gasteiger partial charge in [-0.25, -0.2) is 0 Å². The maximum Gasteiger partial charge on any atom is 0.233 e. The normalized spacial score (nSPS) is 24.6. The highest BCUT2D eigenvalue weighted by atomic mass is 32.1. The molecule has 0 saturated heterocycles. The molecule has 0 aromatic heterocycles. The van der Waals surface area contributed by atoms with Crippen LogP contribution >= 0.6 is 12.2 Å². The lowest BCUT2D eigenvalue weighted by Crippen LogP contribution is -2.52. The van der Waals surface area contributed by atoms with Crippen molar-refractivity contribution in [3.8, 4) is 0 Å². The van der Waals surface area contributed by atoms with Crippen LogP contribution in [0, 0.1) is 11.3 Å². The predicted molar refractivity (Wildman–Crippen MR) is 79.4 cm³/mol. The lowest BCUT2D eigenvalue weighted by molar-refractivity contribution is -0.129. The molecule has 0 heterocycles. The zero-order valence-corrected chi connectivity index (χ0v) is 12.6. The molecule has 0 aliphatic heterocycles. The highest BCUT2D eigenvalue weighted by Crippen LogP contribution is 2.30. The Morgan fingerprint density at radius 1 is 1.33 bits per heavy atom. The Hall–Kier alpha value is -0.640. The van der Waals surface area contributed by atoms with Crippen molar-refractivity contribution in [3.05, 3.63) is 0 Å². The molecule has 3 N–H and O–H groups in total. The Morgan fingerprint density at radius 3 is 2.33 bits per heavy atom. The molecule has 0 bridgehead atoms. The van der Waals surface area contributed by atoms with Crippen molar-refractivity contribution in [1.29, 1.82) is 0 Å². The van der Waals surface area contributed by atoms with Crippen molar-refractivity contribution in [1.82, 2.24) is 5.32 Å². The molecule has 4 heteroatoms. The fraction of sp³-hybridized carbons (Fsp3) is 0.857. The molecule has 104 valence electrons. The van der Waals surface area contributed by atoms with Crippen LogP contribution in [0.1, 0.15) is 59.3 Å². The first-order chi connectivity index (χ1) is 8.47. The van der Waals surface area contributed by atoms with Crippen molar-refractivity contribution in [2.75, 3.05) is 0 Å². The van der Waals surface area contributed by atoms with E-state index >= 15 is 0 Å². The third kappa shape index (κ3) is 3.02. The van der Waals surface area contributed by atoms with Crippen LogP contribution in [0.15, 0.2) is 0 Å². The number of nitrogens with one attached hydrogen (secondary N) is 1. The number of nitrogens with two attached hydrogens (primary N) is 1. The number of carbonyl (C=O) groups excluding carboxylic acids is 1. The van der Waals surface area contributed by atoms with Gasteiger partial charge < -0.3 is 11.1 Å². The Morgan fingerprint density at radius 2 is 1.89 bits per heavy atom. The Bertz CT molecular complexity index is 313. The lowest BCUT2D eigenvalue weighted by Gasteiger charge is -2.35. The van der Waals surface area contributed by atoms with Crippen LogP contribution < -0.4 is 11.1 Å². The van der Waals surface area contributed by atoms with Gasteiger partial charge in [-0.2, -0.15) is 0 Å². The first-order valence-electron chi connectivity index (χ1n) is 7.08. The summed E-state index contributed by atoms with van der Waals surface area (Å²) in [7, 11) is 0. The zero-order chi connectivity index (χ0) is 13.8. The van der Waals surface area contributed by atoms with Crippen molar-refractivity contribution in [2.24, 2.45) is 17.1 Å². The molecule has 3 nitrogen and oxygen atoms in total. The van der Waals surface area contributed by atoms with Gasteiger partial charge in [-0.15, -0.1) is 0 Å². The number of hydrogen-bond donors (Lipinski definition) is 2. The summed E-state index contributed by atoms with van der Waals surface area (Å²) in [4.78, 5) is 12.8. The van der Waals surface area contributed by atoms with E-state index in [9.17, 15) is 4.79 Å². The van der Waals surface area contributed by atoms with Crippen LogP contribution in [0.3, 0.4) is 0 Å². The Kier molecular flexibility index (Phi) is 5.57. The quantitative estimate of drug-likeness (QED) is 0.755. The van der Waals surface area contributed by atoms with Gasteiger partial charge in [-0.3, -0.25) is 4.79 Å². The largest absolute Gasteiger partial charge is 0.392 e. The fourth-order valence-corrected chi connectivity index (χ4v) is 3.25. The van der Waals surface area contributed by atoms with E-state index in [1.54, 1.807) is 0 Å². The monoisotopic (exact) mass is 270 g/mol. The zero-order valence-electron chi connectivity index (χ0n) is 11.8. The van der Waals surface area contributed by atoms with Gasteiger partial charge in [0.15, 0.2) is 0 Å². The summed E-state index contributed by atoms with van der Waals surface area (Å²) in [6, 6.07) is 0.290. The van der Waals surface area contributed by atoms with E-state index in [4.69, 9.17) is 18.0 Å². The first-order valence-corrected chi connectivity index (χ1v) is 7.49. The SMILES string of the molecule is CCC(CC)(C(=O)NC1CCCCC1C)C(N)=S. The van der Waals surface area contributed by atoms with Crippen LogP contribution in [0.4, 0.5) is 0 Å². The smallest absolute Gasteiger partial charge is 0.233 e. The van der Waals surface area contributed by atoms with Gasteiger partial charge in [0.05, 0.1) is 10.4 Å². The molecule has 1 amide bonds. The van der Waals surface area contributed by atoms with Crippen LogP contribution in [0.2, 0.25) is 0 Å². The fourth-order valence-electron chi connectivity index (χ4n) is 2.87. The summed E-state index contributed by atoms with van der Waals surface area (Å²) < 4.78 is 0. The van der Waals surface area contributed by atoms with Gasteiger partial charge in [0.1, 0.15) is 0 Å². The molecule has 2 atom stereocenters. The number of amides is 1. The molecule has 0 spiro atoms. The minimum atomic E-state index is -0.660. The molecule has 1 aliphatic rings. The van der Waals surface area contributed by atoms with Crippen LogP contribution in [-0.2, 0) is 4.79 Å². The second-order valence-corrected chi connectivity index (χ2v) is 5.93. The Balaban J connectivity index is 2.75. The van der Waals surface area contributed by atoms with E-state index in [1.807, 2.05) is 13.8 Å². The summed E-state index contributed by atoms with van der Waals surface area (Å²) >= 11 is 5.12. The van der Waals surface area contributed by atoms with Gasteiger partial charge >= 0.3 is 0 Å². The molecule has 1 aliphatic carbocycles. The number of carbonyl (C=O) groups is 1. The molecule has 1 rings (SSSR count). The van der Waals surface area contributed by atoms with Crippen molar-refractivity contribution in [3.63, 3.8) is 0 Å². The minimum Gasteiger partial charge on any atom is -0.392 e. The van der Waals surface area contributed by atoms with E-state index in [1.165, 1.54) is 19.3 Å². The van der Waals surface area contributed by atoms with Crippen LogP contribution in [-0.4, -0.2) is 16.9 Å². The standard InChI is InChI=1S/C14H26N2OS/c1-4-14(5-2,12(15)18)13(17)16-11-9-7-6-8-10(11)3/h10-11H,4-9H2,1-3H3,(H2,15,18)(H,16,17). The second kappa shape index (κ2) is 6.50. The summed E-state index contributed by atoms with van der Waals surface area (Å²) in [6.45, 7) is 6.17. The summed E-state index contributed by atoms with van der Waals surface area (Å²) in [6.07, 6.45) is 6.09. The molecule has 0 aromatic carbocycles. The van der Waals surface area contributed by atoms with E-state index in [-0.39, 0.29) is 11.9 Å². The highest BCUT2D eigenvalue weighted by Gasteiger charge is 2.39. The molecule has 2 unspecified atom stereocenters. The average molecular weight is 270 g/mol. The van der Waals surface area contributed by atoms with Gasteiger partial charge in [0.2, 0.25) is 5.91 Å². The highest BCUT2D eigenvalue weighted by molar-refractivity contribution is 7.80. The molecule has 18 heavy (non-hydrogen) atoms. The van der Waals surface area contributed by atoms with Crippen molar-refractivity contribution < 1.29 is 4.79 Å². The molecule has 0 aromatic rings. The third-order valence-electron chi connectivity index (χ3n) is 4.54. The molecular weight excluding hydrogens is 244 g/mol. The number of hydrogen-bond acceptors (Lipinski definition) is 2. The lowest BCUT2D eigenvalue weighted by atomic mass is 9.79. The Labute approximate surface area is 116 Å².